The van der Waals surface area contributed by atoms with Crippen molar-refractivity contribution in [1.82, 2.24) is 9.78 Å². The van der Waals surface area contributed by atoms with Crippen LogP contribution in [0.4, 0.5) is 13.2 Å². The van der Waals surface area contributed by atoms with Crippen LogP contribution in [-0.2, 0) is 6.18 Å². The quantitative estimate of drug-likeness (QED) is 0.809. The van der Waals surface area contributed by atoms with Gasteiger partial charge in [-0.1, -0.05) is 12.1 Å². The van der Waals surface area contributed by atoms with Crippen LogP contribution >= 0.6 is 0 Å². The molecule has 0 N–H and O–H groups in total. The summed E-state index contributed by atoms with van der Waals surface area (Å²) in [7, 11) is 1.45. The van der Waals surface area contributed by atoms with Crippen LogP contribution in [0.15, 0.2) is 36.5 Å². The number of rotatable bonds is 2. The number of para-hydroxylation sites is 2. The number of hydrogen-bond donors (Lipinski definition) is 0. The van der Waals surface area contributed by atoms with E-state index in [4.69, 9.17) is 4.74 Å². The summed E-state index contributed by atoms with van der Waals surface area (Å²) in [6.07, 6.45) is -3.19. The Bertz CT molecular complexity index is 519. The SMILES string of the molecule is COc1ccccc1-n1ccc(C(F)(F)F)n1. The van der Waals surface area contributed by atoms with Crippen LogP contribution in [0.3, 0.4) is 0 Å². The maximum absolute atomic E-state index is 12.4. The van der Waals surface area contributed by atoms with Gasteiger partial charge in [0.15, 0.2) is 5.69 Å². The highest BCUT2D eigenvalue weighted by atomic mass is 19.4. The summed E-state index contributed by atoms with van der Waals surface area (Å²) in [5.41, 5.74) is -0.464. The molecule has 0 aliphatic rings. The summed E-state index contributed by atoms with van der Waals surface area (Å²) in [6.45, 7) is 0. The highest BCUT2D eigenvalue weighted by Crippen LogP contribution is 2.29. The van der Waals surface area contributed by atoms with Crippen molar-refractivity contribution in [2.75, 3.05) is 7.11 Å². The lowest BCUT2D eigenvalue weighted by molar-refractivity contribution is -0.141. The van der Waals surface area contributed by atoms with Gasteiger partial charge in [-0.15, -0.1) is 0 Å². The maximum Gasteiger partial charge on any atom is 0.435 e. The molecule has 90 valence electrons. The summed E-state index contributed by atoms with van der Waals surface area (Å²) in [6, 6.07) is 7.64. The lowest BCUT2D eigenvalue weighted by Crippen LogP contribution is -2.07. The molecule has 0 fully saturated rings. The Hall–Kier alpha value is -1.98. The van der Waals surface area contributed by atoms with E-state index in [0.29, 0.717) is 11.4 Å². The number of nitrogens with zero attached hydrogens (tertiary/aromatic N) is 2. The number of hydrogen-bond acceptors (Lipinski definition) is 2. The molecule has 0 radical (unpaired) electrons. The normalized spacial score (nSPS) is 11.5. The molecule has 6 heteroatoms. The molecule has 0 saturated carbocycles. The first-order valence-electron chi connectivity index (χ1n) is 4.78. The summed E-state index contributed by atoms with van der Waals surface area (Å²) in [5.74, 6) is 0.462. The van der Waals surface area contributed by atoms with Crippen molar-refractivity contribution in [1.29, 1.82) is 0 Å². The first-order chi connectivity index (χ1) is 8.02. The van der Waals surface area contributed by atoms with Crippen molar-refractivity contribution in [3.05, 3.63) is 42.2 Å². The third-order valence-electron chi connectivity index (χ3n) is 2.21. The summed E-state index contributed by atoms with van der Waals surface area (Å²) < 4.78 is 43.4. The molecule has 0 unspecified atom stereocenters. The molecular weight excluding hydrogens is 233 g/mol. The highest BCUT2D eigenvalue weighted by molar-refractivity contribution is 5.45. The van der Waals surface area contributed by atoms with E-state index in [1.165, 1.54) is 13.3 Å². The van der Waals surface area contributed by atoms with Crippen LogP contribution in [0, 0.1) is 0 Å². The van der Waals surface area contributed by atoms with Gasteiger partial charge >= 0.3 is 6.18 Å². The molecule has 0 amide bonds. The molecule has 0 aliphatic carbocycles. The van der Waals surface area contributed by atoms with Crippen LogP contribution < -0.4 is 4.74 Å². The minimum absolute atomic E-state index is 0.462. The molecule has 0 aliphatic heterocycles. The van der Waals surface area contributed by atoms with E-state index in [0.717, 1.165) is 10.7 Å². The van der Waals surface area contributed by atoms with E-state index in [2.05, 4.69) is 5.10 Å². The first-order valence-corrected chi connectivity index (χ1v) is 4.78. The third-order valence-corrected chi connectivity index (χ3v) is 2.21. The van der Waals surface area contributed by atoms with Gasteiger partial charge in [0.05, 0.1) is 7.11 Å². The van der Waals surface area contributed by atoms with E-state index < -0.39 is 11.9 Å². The molecule has 17 heavy (non-hydrogen) atoms. The number of methoxy groups -OCH3 is 1. The van der Waals surface area contributed by atoms with E-state index in [-0.39, 0.29) is 0 Å². The number of ether oxygens (including phenoxy) is 1. The van der Waals surface area contributed by atoms with Gasteiger partial charge in [-0.25, -0.2) is 4.68 Å². The van der Waals surface area contributed by atoms with Crippen LogP contribution in [0.1, 0.15) is 5.69 Å². The minimum Gasteiger partial charge on any atom is -0.494 e. The van der Waals surface area contributed by atoms with Crippen molar-refractivity contribution in [2.24, 2.45) is 0 Å². The van der Waals surface area contributed by atoms with Gasteiger partial charge in [0, 0.05) is 6.20 Å². The van der Waals surface area contributed by atoms with Crippen LogP contribution in [0.25, 0.3) is 5.69 Å². The standard InChI is InChI=1S/C11H9F3N2O/c1-17-9-5-3-2-4-8(9)16-7-6-10(15-16)11(12,13)14/h2-7H,1H3. The van der Waals surface area contributed by atoms with E-state index >= 15 is 0 Å². The predicted molar refractivity (Wildman–Crippen MR) is 55.1 cm³/mol. The zero-order chi connectivity index (χ0) is 12.5. The van der Waals surface area contributed by atoms with Gasteiger partial charge in [0.25, 0.3) is 0 Å². The molecule has 1 aromatic carbocycles. The molecule has 1 heterocycles. The Morgan fingerprint density at radius 1 is 1.18 bits per heavy atom. The third kappa shape index (κ3) is 2.25. The molecule has 0 atom stereocenters. The Balaban J connectivity index is 2.44. The smallest absolute Gasteiger partial charge is 0.435 e. The number of benzene rings is 1. The second-order valence-corrected chi connectivity index (χ2v) is 3.32. The lowest BCUT2D eigenvalue weighted by atomic mass is 10.3. The molecule has 0 bridgehead atoms. The van der Waals surface area contributed by atoms with Crippen LogP contribution in [-0.4, -0.2) is 16.9 Å². The summed E-state index contributed by atoms with van der Waals surface area (Å²) in [5, 5.41) is 3.47. The fourth-order valence-electron chi connectivity index (χ4n) is 1.43. The van der Waals surface area contributed by atoms with Gasteiger partial charge in [0.1, 0.15) is 11.4 Å². The van der Waals surface area contributed by atoms with Gasteiger partial charge in [0.2, 0.25) is 0 Å². The second kappa shape index (κ2) is 4.12. The lowest BCUT2D eigenvalue weighted by Gasteiger charge is -2.07. The van der Waals surface area contributed by atoms with Gasteiger partial charge in [-0.2, -0.15) is 18.3 Å². The first kappa shape index (κ1) is 11.5. The van der Waals surface area contributed by atoms with Crippen molar-refractivity contribution in [3.63, 3.8) is 0 Å². The minimum atomic E-state index is -4.44. The monoisotopic (exact) mass is 242 g/mol. The fourth-order valence-corrected chi connectivity index (χ4v) is 1.43. The van der Waals surface area contributed by atoms with Crippen LogP contribution in [0.2, 0.25) is 0 Å². The number of aromatic nitrogens is 2. The molecule has 0 saturated heterocycles. The highest BCUT2D eigenvalue weighted by Gasteiger charge is 2.33. The average molecular weight is 242 g/mol. The second-order valence-electron chi connectivity index (χ2n) is 3.32. The molecule has 2 aromatic rings. The van der Waals surface area contributed by atoms with E-state index in [1.54, 1.807) is 24.3 Å². The van der Waals surface area contributed by atoms with Crippen molar-refractivity contribution >= 4 is 0 Å². The Morgan fingerprint density at radius 2 is 1.88 bits per heavy atom. The van der Waals surface area contributed by atoms with Crippen molar-refractivity contribution < 1.29 is 17.9 Å². The van der Waals surface area contributed by atoms with Gasteiger partial charge in [-0.3, -0.25) is 0 Å². The van der Waals surface area contributed by atoms with Crippen molar-refractivity contribution in [2.45, 2.75) is 6.18 Å². The molecule has 2 rings (SSSR count). The zero-order valence-corrected chi connectivity index (χ0v) is 8.90. The zero-order valence-electron chi connectivity index (χ0n) is 8.90. The maximum atomic E-state index is 12.4. The molecule has 3 nitrogen and oxygen atoms in total. The fraction of sp³-hybridized carbons (Fsp3) is 0.182. The average Bonchev–Trinajstić information content (AvgIpc) is 2.77. The van der Waals surface area contributed by atoms with Crippen molar-refractivity contribution in [3.8, 4) is 11.4 Å². The Labute approximate surface area is 95.4 Å². The van der Waals surface area contributed by atoms with E-state index in [1.807, 2.05) is 0 Å². The topological polar surface area (TPSA) is 27.1 Å². The molecule has 0 spiro atoms. The molecular formula is C11H9F3N2O. The van der Waals surface area contributed by atoms with Gasteiger partial charge in [-0.05, 0) is 18.2 Å². The van der Waals surface area contributed by atoms with E-state index in [9.17, 15) is 13.2 Å². The molecule has 1 aromatic heterocycles. The Morgan fingerprint density at radius 3 is 2.47 bits per heavy atom. The summed E-state index contributed by atoms with van der Waals surface area (Å²) >= 11 is 0. The van der Waals surface area contributed by atoms with Gasteiger partial charge < -0.3 is 4.74 Å². The Kier molecular flexibility index (Phi) is 2.79. The number of halogens is 3. The predicted octanol–water partition coefficient (Wildman–Crippen LogP) is 2.90. The van der Waals surface area contributed by atoms with Crippen LogP contribution in [0.5, 0.6) is 5.75 Å². The number of alkyl halides is 3. The largest absolute Gasteiger partial charge is 0.494 e. The summed E-state index contributed by atoms with van der Waals surface area (Å²) in [4.78, 5) is 0.